The average molecular weight is 544 g/mol. The minimum atomic E-state index is -4.30. The molecule has 0 heterocycles. The van der Waals surface area contributed by atoms with Gasteiger partial charge in [-0.2, -0.15) is 0 Å². The van der Waals surface area contributed by atoms with Crippen molar-refractivity contribution in [1.29, 1.82) is 0 Å². The molecule has 0 saturated heterocycles. The zero-order chi connectivity index (χ0) is 27.7. The van der Waals surface area contributed by atoms with E-state index in [9.17, 15) is 26.8 Å². The summed E-state index contributed by atoms with van der Waals surface area (Å²) in [6, 6.07) is 17.1. The molecular weight excluding hydrogens is 512 g/mol. The number of carbonyl (C=O) groups is 2. The van der Waals surface area contributed by atoms with Crippen LogP contribution in [-0.4, -0.2) is 44.3 Å². The quantitative estimate of drug-likeness (QED) is 0.341. The number of nitrogens with zero attached hydrogens (tertiary/aromatic N) is 2. The third-order valence-electron chi connectivity index (χ3n) is 6.02. The van der Waals surface area contributed by atoms with Gasteiger partial charge in [-0.05, 0) is 55.8 Å². The van der Waals surface area contributed by atoms with Crippen molar-refractivity contribution in [1.82, 2.24) is 10.2 Å². The molecule has 202 valence electrons. The minimum absolute atomic E-state index is 0.182. The van der Waals surface area contributed by atoms with Crippen LogP contribution in [0.15, 0.2) is 83.8 Å². The topological polar surface area (TPSA) is 86.8 Å². The maximum atomic E-state index is 14.5. The number of amides is 2. The van der Waals surface area contributed by atoms with Crippen molar-refractivity contribution < 1.29 is 26.8 Å². The first-order chi connectivity index (χ1) is 18.1. The van der Waals surface area contributed by atoms with Crippen molar-refractivity contribution in [3.05, 3.63) is 96.1 Å². The molecule has 1 atom stereocenters. The zero-order valence-electron chi connectivity index (χ0n) is 21.3. The van der Waals surface area contributed by atoms with E-state index >= 15 is 0 Å². The molecule has 10 heteroatoms. The number of rotatable bonds is 12. The monoisotopic (exact) mass is 543 g/mol. The first-order valence-corrected chi connectivity index (χ1v) is 13.7. The van der Waals surface area contributed by atoms with Crippen LogP contribution in [0.5, 0.6) is 0 Å². The maximum absolute atomic E-state index is 14.5. The largest absolute Gasteiger partial charge is 0.354 e. The molecule has 2 amide bonds. The van der Waals surface area contributed by atoms with E-state index < -0.39 is 46.1 Å². The number of benzene rings is 3. The van der Waals surface area contributed by atoms with Crippen LogP contribution in [0.1, 0.15) is 32.3 Å². The molecule has 7 nitrogen and oxygen atoms in total. The van der Waals surface area contributed by atoms with Gasteiger partial charge in [0, 0.05) is 18.7 Å². The van der Waals surface area contributed by atoms with Crippen molar-refractivity contribution in [3.8, 4) is 0 Å². The standard InChI is InChI=1S/C28H31F2N3O4S/c1-3-4-18-31-28(35)21(2)32(19-22-10-8-9-13-26(22)30)27(34)20-33(24-11-6-5-7-12-24)38(36,37)25-16-14-23(29)15-17-25/h5-17,21H,3-4,18-20H2,1-2H3,(H,31,35)/t21-/m1/s1. The van der Waals surface area contributed by atoms with Gasteiger partial charge < -0.3 is 10.2 Å². The average Bonchev–Trinajstić information content (AvgIpc) is 2.91. The summed E-state index contributed by atoms with van der Waals surface area (Å²) in [5.74, 6) is -2.30. The first-order valence-electron chi connectivity index (χ1n) is 12.3. The van der Waals surface area contributed by atoms with E-state index in [1.165, 1.54) is 37.3 Å². The van der Waals surface area contributed by atoms with Crippen molar-refractivity contribution in [2.75, 3.05) is 17.4 Å². The van der Waals surface area contributed by atoms with Crippen LogP contribution in [0, 0.1) is 11.6 Å². The number of nitrogens with one attached hydrogen (secondary N) is 1. The number of carbonyl (C=O) groups excluding carboxylic acids is 2. The van der Waals surface area contributed by atoms with Gasteiger partial charge in [-0.25, -0.2) is 17.2 Å². The van der Waals surface area contributed by atoms with Crippen molar-refractivity contribution >= 4 is 27.5 Å². The third kappa shape index (κ3) is 7.16. The van der Waals surface area contributed by atoms with Crippen molar-refractivity contribution in [2.24, 2.45) is 0 Å². The highest BCUT2D eigenvalue weighted by Gasteiger charge is 2.32. The molecule has 0 aliphatic carbocycles. The van der Waals surface area contributed by atoms with Crippen molar-refractivity contribution in [3.63, 3.8) is 0 Å². The molecule has 0 saturated carbocycles. The summed E-state index contributed by atoms with van der Waals surface area (Å²) in [5, 5.41) is 2.77. The molecule has 0 aliphatic rings. The lowest BCUT2D eigenvalue weighted by Crippen LogP contribution is -2.51. The summed E-state index contributed by atoms with van der Waals surface area (Å²) in [5.41, 5.74) is 0.387. The number of hydrogen-bond acceptors (Lipinski definition) is 4. The summed E-state index contributed by atoms with van der Waals surface area (Å²) in [7, 11) is -4.30. The fraction of sp³-hybridized carbons (Fsp3) is 0.286. The van der Waals surface area contributed by atoms with Crippen LogP contribution in [-0.2, 0) is 26.2 Å². The molecule has 38 heavy (non-hydrogen) atoms. The summed E-state index contributed by atoms with van der Waals surface area (Å²) in [4.78, 5) is 27.5. The summed E-state index contributed by atoms with van der Waals surface area (Å²) < 4.78 is 56.1. The van der Waals surface area contributed by atoms with E-state index in [-0.39, 0.29) is 22.7 Å². The Morgan fingerprint density at radius 1 is 0.921 bits per heavy atom. The molecule has 3 aromatic rings. The van der Waals surface area contributed by atoms with Crippen LogP contribution >= 0.6 is 0 Å². The maximum Gasteiger partial charge on any atom is 0.264 e. The van der Waals surface area contributed by atoms with Crippen LogP contribution in [0.2, 0.25) is 0 Å². The molecule has 0 aliphatic heterocycles. The molecular formula is C28H31F2N3O4S. The van der Waals surface area contributed by atoms with E-state index in [1.54, 1.807) is 24.3 Å². The number of anilines is 1. The SMILES string of the molecule is CCCCNC(=O)[C@@H](C)N(Cc1ccccc1F)C(=O)CN(c1ccccc1)S(=O)(=O)c1ccc(F)cc1. The first kappa shape index (κ1) is 28.8. The Balaban J connectivity index is 1.98. The highest BCUT2D eigenvalue weighted by atomic mass is 32.2. The lowest BCUT2D eigenvalue weighted by Gasteiger charge is -2.32. The Morgan fingerprint density at radius 3 is 2.18 bits per heavy atom. The number of unbranched alkanes of at least 4 members (excludes halogenated alkanes) is 1. The van der Waals surface area contributed by atoms with Gasteiger partial charge in [-0.15, -0.1) is 0 Å². The second kappa shape index (κ2) is 13.1. The van der Waals surface area contributed by atoms with E-state index in [0.717, 1.165) is 46.3 Å². The highest BCUT2D eigenvalue weighted by Crippen LogP contribution is 2.24. The van der Waals surface area contributed by atoms with Crippen LogP contribution in [0.3, 0.4) is 0 Å². The zero-order valence-corrected chi connectivity index (χ0v) is 22.1. The number of halogens is 2. The predicted molar refractivity (Wildman–Crippen MR) is 142 cm³/mol. The number of hydrogen-bond donors (Lipinski definition) is 1. The van der Waals surface area contributed by atoms with Gasteiger partial charge in [-0.1, -0.05) is 49.7 Å². The molecule has 3 rings (SSSR count). The third-order valence-corrected chi connectivity index (χ3v) is 7.81. The Hall–Kier alpha value is -3.79. The lowest BCUT2D eigenvalue weighted by atomic mass is 10.1. The van der Waals surface area contributed by atoms with Crippen LogP contribution in [0.4, 0.5) is 14.5 Å². The fourth-order valence-corrected chi connectivity index (χ4v) is 5.20. The van der Waals surface area contributed by atoms with Gasteiger partial charge in [0.25, 0.3) is 10.0 Å². The van der Waals surface area contributed by atoms with E-state index in [0.29, 0.717) is 6.54 Å². The molecule has 3 aromatic carbocycles. The Kier molecular flexibility index (Phi) is 9.95. The Labute approximate surface area is 222 Å². The molecule has 0 spiro atoms. The lowest BCUT2D eigenvalue weighted by molar-refractivity contribution is -0.139. The Morgan fingerprint density at radius 2 is 1.55 bits per heavy atom. The normalized spacial score (nSPS) is 12.0. The molecule has 0 radical (unpaired) electrons. The second-order valence-electron chi connectivity index (χ2n) is 8.73. The smallest absolute Gasteiger partial charge is 0.264 e. The predicted octanol–water partition coefficient (Wildman–Crippen LogP) is 4.49. The summed E-state index contributed by atoms with van der Waals surface area (Å²) >= 11 is 0. The van der Waals surface area contributed by atoms with E-state index in [4.69, 9.17) is 0 Å². The van der Waals surface area contributed by atoms with Gasteiger partial charge in [0.05, 0.1) is 10.6 Å². The van der Waals surface area contributed by atoms with Crippen LogP contribution in [0.25, 0.3) is 0 Å². The molecule has 0 bridgehead atoms. The summed E-state index contributed by atoms with van der Waals surface area (Å²) in [6.45, 7) is 3.00. The van der Waals surface area contributed by atoms with E-state index in [2.05, 4.69) is 5.32 Å². The second-order valence-corrected chi connectivity index (χ2v) is 10.6. The minimum Gasteiger partial charge on any atom is -0.354 e. The molecule has 1 N–H and O–H groups in total. The van der Waals surface area contributed by atoms with E-state index in [1.807, 2.05) is 6.92 Å². The molecule has 0 fully saturated rings. The van der Waals surface area contributed by atoms with Crippen LogP contribution < -0.4 is 9.62 Å². The van der Waals surface area contributed by atoms with Gasteiger partial charge in [0.1, 0.15) is 24.2 Å². The van der Waals surface area contributed by atoms with Gasteiger partial charge in [0.15, 0.2) is 0 Å². The summed E-state index contributed by atoms with van der Waals surface area (Å²) in [6.07, 6.45) is 1.61. The number of sulfonamides is 1. The van der Waals surface area contributed by atoms with Gasteiger partial charge in [-0.3, -0.25) is 13.9 Å². The molecule has 0 aromatic heterocycles. The highest BCUT2D eigenvalue weighted by molar-refractivity contribution is 7.92. The Bertz CT molecular complexity index is 1340. The number of para-hydroxylation sites is 1. The fourth-order valence-electron chi connectivity index (χ4n) is 3.79. The van der Waals surface area contributed by atoms with Crippen molar-refractivity contribution in [2.45, 2.75) is 44.2 Å². The van der Waals surface area contributed by atoms with Gasteiger partial charge >= 0.3 is 0 Å². The molecule has 0 unspecified atom stereocenters. The van der Waals surface area contributed by atoms with Gasteiger partial charge in [0.2, 0.25) is 11.8 Å².